The first-order chi connectivity index (χ1) is 4.20. The number of amides is 1. The average Bonchev–Trinajstić information content (AvgIpc) is 1.82. The smallest absolute Gasteiger partial charge is 0.426 e. The van der Waals surface area contributed by atoms with E-state index >= 15 is 0 Å². The Morgan fingerprint density at radius 3 is 2.11 bits per heavy atom. The summed E-state index contributed by atoms with van der Waals surface area (Å²) in [6, 6.07) is 0. The van der Waals surface area contributed by atoms with Gasteiger partial charge in [-0.2, -0.15) is 0 Å². The molecule has 9 heavy (non-hydrogen) atoms. The molecule has 0 atom stereocenters. The third-order valence-electron chi connectivity index (χ3n) is 1.18. The fourth-order valence-electron chi connectivity index (χ4n) is 0.607. The molecule has 0 aromatic carbocycles. The van der Waals surface area contributed by atoms with Gasteiger partial charge in [-0.1, -0.05) is 13.8 Å². The maximum absolute atomic E-state index is 10.0. The molecule has 0 unspecified atom stereocenters. The summed E-state index contributed by atoms with van der Waals surface area (Å²) in [6.07, 6.45) is 0.598. The second kappa shape index (κ2) is 4.18. The van der Waals surface area contributed by atoms with Gasteiger partial charge in [-0.3, -0.25) is 0 Å². The maximum Gasteiger partial charge on any atom is 0.426 e. The predicted molar refractivity (Wildman–Crippen MR) is 33.9 cm³/mol. The van der Waals surface area contributed by atoms with E-state index in [1.165, 1.54) is 0 Å². The molecule has 0 fully saturated rings. The van der Waals surface area contributed by atoms with Crippen LogP contribution in [-0.2, 0) is 4.74 Å². The minimum atomic E-state index is -0.927. The number of ether oxygens (including phenoxy) is 1. The Labute approximate surface area is 55.2 Å². The van der Waals surface area contributed by atoms with Crippen LogP contribution in [0.4, 0.5) is 4.79 Å². The van der Waals surface area contributed by atoms with Crippen LogP contribution in [0.1, 0.15) is 26.7 Å². The average molecular weight is 130 g/mol. The van der Waals surface area contributed by atoms with Crippen LogP contribution in [0.15, 0.2) is 0 Å². The molecule has 1 N–H and O–H groups in total. The van der Waals surface area contributed by atoms with Crippen molar-refractivity contribution in [2.24, 2.45) is 0 Å². The molecule has 0 spiro atoms. The van der Waals surface area contributed by atoms with Gasteiger partial charge < -0.3 is 4.74 Å². The molecule has 53 valence electrons. The largest absolute Gasteiger partial charge is 0.445 e. The van der Waals surface area contributed by atoms with Crippen molar-refractivity contribution in [1.29, 1.82) is 0 Å². The zero-order valence-corrected chi connectivity index (χ0v) is 5.81. The van der Waals surface area contributed by atoms with Gasteiger partial charge >= 0.3 is 6.09 Å². The number of nitrogens with one attached hydrogen (secondary N) is 1. The quantitative estimate of drug-likeness (QED) is 0.582. The van der Waals surface area contributed by atoms with E-state index in [1.807, 2.05) is 13.8 Å². The SMILES string of the molecule is CCC(CC)OC([NH])=O. The molecule has 0 heterocycles. The Bertz CT molecular complexity index is 89.1. The summed E-state index contributed by atoms with van der Waals surface area (Å²) in [5.41, 5.74) is 6.45. The van der Waals surface area contributed by atoms with Gasteiger partial charge in [-0.05, 0) is 12.8 Å². The van der Waals surface area contributed by atoms with Crippen molar-refractivity contribution in [2.45, 2.75) is 32.8 Å². The maximum atomic E-state index is 10.0. The summed E-state index contributed by atoms with van der Waals surface area (Å²) in [5.74, 6) is 0. The molecule has 1 amide bonds. The van der Waals surface area contributed by atoms with Crippen LogP contribution in [-0.4, -0.2) is 12.2 Å². The summed E-state index contributed by atoms with van der Waals surface area (Å²) >= 11 is 0. The van der Waals surface area contributed by atoms with E-state index in [0.29, 0.717) is 0 Å². The number of carbonyl (C=O) groups is 1. The van der Waals surface area contributed by atoms with Gasteiger partial charge in [0.2, 0.25) is 0 Å². The molecule has 0 aromatic heterocycles. The van der Waals surface area contributed by atoms with Crippen LogP contribution in [0.5, 0.6) is 0 Å². The van der Waals surface area contributed by atoms with E-state index in [0.717, 1.165) is 12.8 Å². The second-order valence-electron chi connectivity index (χ2n) is 1.84. The molecule has 0 saturated heterocycles. The Balaban J connectivity index is 3.43. The lowest BCUT2D eigenvalue weighted by atomic mass is 10.2. The molecule has 3 nitrogen and oxygen atoms in total. The predicted octanol–water partition coefficient (Wildman–Crippen LogP) is 1.59. The molecule has 0 aliphatic rings. The molecule has 1 radical (unpaired) electrons. The van der Waals surface area contributed by atoms with Gasteiger partial charge in [0, 0.05) is 0 Å². The van der Waals surface area contributed by atoms with Crippen molar-refractivity contribution in [3.05, 3.63) is 0 Å². The summed E-state index contributed by atoms with van der Waals surface area (Å²) in [5, 5.41) is 0. The molecule has 0 bridgehead atoms. The van der Waals surface area contributed by atoms with Crippen LogP contribution in [0.3, 0.4) is 0 Å². The van der Waals surface area contributed by atoms with Crippen molar-refractivity contribution in [3.8, 4) is 0 Å². The van der Waals surface area contributed by atoms with Crippen molar-refractivity contribution >= 4 is 6.09 Å². The van der Waals surface area contributed by atoms with Gasteiger partial charge in [0.25, 0.3) is 0 Å². The molecule has 0 rings (SSSR count). The highest BCUT2D eigenvalue weighted by Crippen LogP contribution is 2.01. The minimum absolute atomic E-state index is 0.0602. The highest BCUT2D eigenvalue weighted by molar-refractivity contribution is 5.63. The Morgan fingerprint density at radius 2 is 2.00 bits per heavy atom. The molecule has 0 aromatic rings. The minimum Gasteiger partial charge on any atom is -0.445 e. The van der Waals surface area contributed by atoms with Crippen molar-refractivity contribution in [1.82, 2.24) is 5.73 Å². The molecule has 0 aliphatic carbocycles. The van der Waals surface area contributed by atoms with E-state index in [1.54, 1.807) is 0 Å². The fourth-order valence-corrected chi connectivity index (χ4v) is 0.607. The molecule has 0 aliphatic heterocycles. The van der Waals surface area contributed by atoms with E-state index in [4.69, 9.17) is 5.73 Å². The monoisotopic (exact) mass is 130 g/mol. The van der Waals surface area contributed by atoms with Gasteiger partial charge in [0.1, 0.15) is 6.10 Å². The Morgan fingerprint density at radius 1 is 1.56 bits per heavy atom. The lowest BCUT2D eigenvalue weighted by Crippen LogP contribution is -2.15. The lowest BCUT2D eigenvalue weighted by molar-refractivity contribution is 0.100. The third kappa shape index (κ3) is 3.82. The number of hydrogen-bond acceptors (Lipinski definition) is 2. The van der Waals surface area contributed by atoms with Gasteiger partial charge in [0.05, 0.1) is 0 Å². The van der Waals surface area contributed by atoms with E-state index in [-0.39, 0.29) is 6.10 Å². The zero-order chi connectivity index (χ0) is 7.28. The van der Waals surface area contributed by atoms with Crippen molar-refractivity contribution in [3.63, 3.8) is 0 Å². The fraction of sp³-hybridized carbons (Fsp3) is 0.833. The van der Waals surface area contributed by atoms with Crippen LogP contribution in [0.25, 0.3) is 0 Å². The second-order valence-corrected chi connectivity index (χ2v) is 1.84. The van der Waals surface area contributed by atoms with E-state index in [2.05, 4.69) is 4.74 Å². The number of rotatable bonds is 3. The van der Waals surface area contributed by atoms with Crippen LogP contribution < -0.4 is 5.73 Å². The van der Waals surface area contributed by atoms with Crippen LogP contribution in [0, 0.1) is 0 Å². The zero-order valence-electron chi connectivity index (χ0n) is 5.81. The van der Waals surface area contributed by atoms with Crippen molar-refractivity contribution < 1.29 is 9.53 Å². The lowest BCUT2D eigenvalue weighted by Gasteiger charge is -2.09. The first-order valence-electron chi connectivity index (χ1n) is 3.12. The molecular weight excluding hydrogens is 118 g/mol. The first kappa shape index (κ1) is 8.27. The van der Waals surface area contributed by atoms with Crippen LogP contribution in [0.2, 0.25) is 0 Å². The van der Waals surface area contributed by atoms with Crippen molar-refractivity contribution in [2.75, 3.05) is 0 Å². The summed E-state index contributed by atoms with van der Waals surface area (Å²) in [7, 11) is 0. The summed E-state index contributed by atoms with van der Waals surface area (Å²) < 4.78 is 4.58. The van der Waals surface area contributed by atoms with Crippen LogP contribution >= 0.6 is 0 Å². The normalized spacial score (nSPS) is 9.67. The first-order valence-corrected chi connectivity index (χ1v) is 3.12. The van der Waals surface area contributed by atoms with Gasteiger partial charge in [-0.15, -0.1) is 0 Å². The van der Waals surface area contributed by atoms with E-state index < -0.39 is 6.09 Å². The van der Waals surface area contributed by atoms with Gasteiger partial charge in [0.15, 0.2) is 0 Å². The highest BCUT2D eigenvalue weighted by Gasteiger charge is 2.05. The summed E-state index contributed by atoms with van der Waals surface area (Å²) in [6.45, 7) is 3.86. The molecule has 3 heteroatoms. The topological polar surface area (TPSA) is 50.1 Å². The third-order valence-corrected chi connectivity index (χ3v) is 1.18. The molecular formula is C6H12NO2. The number of carbonyl (C=O) groups excluding carboxylic acids is 1. The van der Waals surface area contributed by atoms with E-state index in [9.17, 15) is 4.79 Å². The molecule has 0 saturated carbocycles. The highest BCUT2D eigenvalue weighted by atomic mass is 16.6. The Kier molecular flexibility index (Phi) is 3.84. The number of hydrogen-bond donors (Lipinski definition) is 0. The summed E-state index contributed by atoms with van der Waals surface area (Å²) in [4.78, 5) is 10.0. The van der Waals surface area contributed by atoms with Gasteiger partial charge in [-0.25, -0.2) is 10.5 Å². The standard InChI is InChI=1S/C6H12NO2/c1-3-5(4-2)9-6(7)8/h5,7H,3-4H2,1-2H3. The Hall–Kier alpha value is -0.730.